The van der Waals surface area contributed by atoms with Crippen LogP contribution in [0.4, 0.5) is 0 Å². The van der Waals surface area contributed by atoms with Gasteiger partial charge in [0.1, 0.15) is 11.2 Å². The summed E-state index contributed by atoms with van der Waals surface area (Å²) >= 11 is 0. The quantitative estimate of drug-likeness (QED) is 0.235. The smallest absolute Gasteiger partial charge is 0.339 e. The van der Waals surface area contributed by atoms with Gasteiger partial charge >= 0.3 is 11.9 Å². The first-order valence-corrected chi connectivity index (χ1v) is 25.2. The minimum atomic E-state index is -1.18. The molecular weight excluding hydrogens is 795 g/mol. The highest BCUT2D eigenvalue weighted by Crippen LogP contribution is 2.87. The molecule has 3 saturated heterocycles. The van der Waals surface area contributed by atoms with E-state index in [1.165, 1.54) is 34.3 Å². The first-order valence-electron chi connectivity index (χ1n) is 25.2. The zero-order valence-electron chi connectivity index (χ0n) is 37.5. The Balaban J connectivity index is 1.10. The van der Waals surface area contributed by atoms with E-state index in [2.05, 4.69) is 78.0 Å². The van der Waals surface area contributed by atoms with Gasteiger partial charge in [-0.2, -0.15) is 0 Å². The van der Waals surface area contributed by atoms with Crippen molar-refractivity contribution < 1.29 is 24.2 Å². The Bertz CT molecular complexity index is 2700. The molecule has 6 aliphatic carbocycles. The number of allylic oxidation sites excluding steroid dienone is 4. The normalized spacial score (nSPS) is 41.4. The van der Waals surface area contributed by atoms with Crippen molar-refractivity contribution in [2.24, 2.45) is 58.0 Å². The van der Waals surface area contributed by atoms with Crippen molar-refractivity contribution in [2.75, 3.05) is 26.2 Å². The average molecular weight is 856 g/mol. The number of benzene rings is 2. The molecule has 0 radical (unpaired) electrons. The van der Waals surface area contributed by atoms with Crippen LogP contribution in [-0.4, -0.2) is 65.1 Å². The lowest BCUT2D eigenvalue weighted by Gasteiger charge is -2.71. The van der Waals surface area contributed by atoms with Crippen LogP contribution in [0.1, 0.15) is 116 Å². The van der Waals surface area contributed by atoms with Gasteiger partial charge in [-0.3, -0.25) is 9.69 Å². The maximum Gasteiger partial charge on any atom is 0.339 e. The number of carbonyl (C=O) groups is 2. The number of piperidine rings is 2. The fourth-order valence-corrected chi connectivity index (χ4v) is 17.6. The summed E-state index contributed by atoms with van der Waals surface area (Å²) in [7, 11) is 0. The zero-order chi connectivity index (χ0) is 43.0. The van der Waals surface area contributed by atoms with Crippen LogP contribution in [0.15, 0.2) is 82.0 Å². The minimum absolute atomic E-state index is 0.0436. The molecule has 17 rings (SSSR count). The highest BCUT2D eigenvalue weighted by Gasteiger charge is 2.93. The SMILES string of the molecule is CC1C2C#CCc3ccc4cc3CC3=CC5=C6CCC78C(=C(O)CC(C)N9CC%10CC(C9)C9CCC2=C(C6C31)N9C%10)OC(=O)C57C(CCCC4)C81OC(=O)c2c(CCCN)cccc21. The van der Waals surface area contributed by atoms with Crippen LogP contribution in [0.25, 0.3) is 0 Å². The first-order chi connectivity index (χ1) is 31.2. The Hall–Kier alpha value is -4.58. The van der Waals surface area contributed by atoms with E-state index >= 15 is 4.79 Å². The molecule has 0 aromatic heterocycles. The maximum atomic E-state index is 16.1. The van der Waals surface area contributed by atoms with Crippen molar-refractivity contribution in [2.45, 2.75) is 121 Å². The standard InChI is InChI=1S/C56H61N3O5/c1-30-22-45(60)51-54-20-19-41-43-26-37-25-36-23-32(8-3-4-14-46(55(43,54)53(62)63-51)56(54)42-13-6-10-35(11-7-21-57)48(42)52(61)64-56)15-16-34(36)9-5-12-39-31(2)47(37)49(41)50-40(39)17-18-44-38-24-33(28-59(44)50)27-58(30)29-38/h6,10,13,15-16,23,26,30-31,33,38-39,44,46-47,49,60H,3-4,7-9,11,14,17-22,24-25,27-29,57H2,1-2H3. The van der Waals surface area contributed by atoms with Gasteiger partial charge < -0.3 is 25.2 Å². The molecule has 9 aliphatic heterocycles. The van der Waals surface area contributed by atoms with Gasteiger partial charge in [0.2, 0.25) is 0 Å². The zero-order valence-corrected chi connectivity index (χ0v) is 37.5. The van der Waals surface area contributed by atoms with Crippen LogP contribution in [0.5, 0.6) is 0 Å². The first kappa shape index (κ1) is 38.7. The van der Waals surface area contributed by atoms with Crippen LogP contribution in [-0.2, 0) is 45.6 Å². The van der Waals surface area contributed by atoms with Crippen molar-refractivity contribution in [3.63, 3.8) is 0 Å². The average Bonchev–Trinajstić information content (AvgIpc) is 3.74. The van der Waals surface area contributed by atoms with E-state index in [1.807, 2.05) is 0 Å². The second kappa shape index (κ2) is 13.3. The third-order valence-corrected chi connectivity index (χ3v) is 19.8. The van der Waals surface area contributed by atoms with Gasteiger partial charge in [-0.25, -0.2) is 4.79 Å². The van der Waals surface area contributed by atoms with Crippen LogP contribution in [0, 0.1) is 64.1 Å². The van der Waals surface area contributed by atoms with Gasteiger partial charge in [-0.15, -0.1) is 0 Å². The molecule has 1 saturated carbocycles. The summed E-state index contributed by atoms with van der Waals surface area (Å²) in [6.07, 6.45) is 14.2. The molecule has 9 heterocycles. The summed E-state index contributed by atoms with van der Waals surface area (Å²) in [4.78, 5) is 36.5. The predicted octanol–water partition coefficient (Wildman–Crippen LogP) is 8.39. The van der Waals surface area contributed by atoms with Crippen LogP contribution in [0.2, 0.25) is 0 Å². The van der Waals surface area contributed by atoms with Gasteiger partial charge in [0.25, 0.3) is 0 Å². The van der Waals surface area contributed by atoms with Gasteiger partial charge in [0.15, 0.2) is 11.4 Å². The molecule has 3 N–H and O–H groups in total. The number of rotatable bonds is 3. The number of fused-ring (bicyclic) bond motifs is 6. The van der Waals surface area contributed by atoms with Crippen LogP contribution >= 0.6 is 0 Å². The lowest BCUT2D eigenvalue weighted by Crippen LogP contribution is -2.77. The Morgan fingerprint density at radius 3 is 2.80 bits per heavy atom. The van der Waals surface area contributed by atoms with Crippen molar-refractivity contribution >= 4 is 11.9 Å². The summed E-state index contributed by atoms with van der Waals surface area (Å²) in [6.45, 7) is 8.35. The molecule has 3 spiro atoms. The van der Waals surface area contributed by atoms with E-state index in [0.717, 1.165) is 94.1 Å². The van der Waals surface area contributed by atoms with Gasteiger partial charge in [-0.05, 0) is 141 Å². The lowest BCUT2D eigenvalue weighted by molar-refractivity contribution is -0.276. The van der Waals surface area contributed by atoms with Crippen LogP contribution in [0.3, 0.4) is 0 Å². The molecule has 0 amide bonds. The lowest BCUT2D eigenvalue weighted by atomic mass is 9.28. The second-order valence-corrected chi connectivity index (χ2v) is 22.3. The summed E-state index contributed by atoms with van der Waals surface area (Å²) in [5.41, 5.74) is 16.3. The number of ether oxygens (including phenoxy) is 2. The Labute approximate surface area is 377 Å². The van der Waals surface area contributed by atoms with E-state index in [4.69, 9.17) is 15.2 Å². The maximum absolute atomic E-state index is 16.1. The number of aliphatic hydroxyl groups is 1. The van der Waals surface area contributed by atoms with Crippen molar-refractivity contribution in [3.8, 4) is 11.8 Å². The molecule has 2 aromatic carbocycles. The number of hydrogen-bond donors (Lipinski definition) is 2. The predicted molar refractivity (Wildman–Crippen MR) is 242 cm³/mol. The molecular formula is C56H61N3O5. The number of aryl methyl sites for hydroxylation is 2. The van der Waals surface area contributed by atoms with Crippen molar-refractivity contribution in [1.82, 2.24) is 9.80 Å². The van der Waals surface area contributed by atoms with Gasteiger partial charge in [0, 0.05) is 73.6 Å². The minimum Gasteiger partial charge on any atom is -0.509 e. The molecule has 15 aliphatic rings. The van der Waals surface area contributed by atoms with E-state index in [0.29, 0.717) is 67.3 Å². The molecule has 8 heteroatoms. The Morgan fingerprint density at radius 2 is 1.91 bits per heavy atom. The van der Waals surface area contributed by atoms with E-state index in [1.54, 1.807) is 11.3 Å². The molecule has 2 aromatic rings. The molecule has 13 unspecified atom stereocenters. The second-order valence-electron chi connectivity index (χ2n) is 22.3. The third kappa shape index (κ3) is 4.51. The number of esters is 2. The third-order valence-electron chi connectivity index (χ3n) is 19.8. The van der Waals surface area contributed by atoms with E-state index < -0.39 is 16.4 Å². The fraction of sp³-hybridized carbons (Fsp3) is 0.571. The molecule has 17 bridgehead atoms. The van der Waals surface area contributed by atoms with Gasteiger partial charge in [-0.1, -0.05) is 78.8 Å². The summed E-state index contributed by atoms with van der Waals surface area (Å²) in [5, 5.41) is 13.0. The number of aliphatic hydroxyl groups excluding tert-OH is 1. The molecule has 330 valence electrons. The largest absolute Gasteiger partial charge is 0.509 e. The van der Waals surface area contributed by atoms with E-state index in [-0.39, 0.29) is 47.4 Å². The van der Waals surface area contributed by atoms with E-state index in [9.17, 15) is 9.90 Å². The summed E-state index contributed by atoms with van der Waals surface area (Å²) in [5.74, 6) is 9.39. The number of nitrogens with two attached hydrogens (primary N) is 1. The molecule has 13 atom stereocenters. The highest BCUT2D eigenvalue weighted by atomic mass is 16.6. The number of hydrogen-bond acceptors (Lipinski definition) is 8. The Kier molecular flexibility index (Phi) is 8.03. The Morgan fingerprint density at radius 1 is 1.00 bits per heavy atom. The van der Waals surface area contributed by atoms with Crippen molar-refractivity contribution in [3.05, 3.63) is 115 Å². The topological polar surface area (TPSA) is 105 Å². The summed E-state index contributed by atoms with van der Waals surface area (Å²) in [6, 6.07) is 13.9. The fourth-order valence-electron chi connectivity index (χ4n) is 17.6. The number of nitrogens with zero attached hydrogens (tertiary/aromatic N) is 2. The number of carbonyl (C=O) groups excluding carboxylic acids is 2. The van der Waals surface area contributed by atoms with Crippen molar-refractivity contribution in [1.29, 1.82) is 0 Å². The van der Waals surface area contributed by atoms with Crippen LogP contribution < -0.4 is 5.73 Å². The molecule has 4 fully saturated rings. The summed E-state index contributed by atoms with van der Waals surface area (Å²) < 4.78 is 14.1. The van der Waals surface area contributed by atoms with Gasteiger partial charge in [0.05, 0.1) is 11.0 Å². The monoisotopic (exact) mass is 855 g/mol. The molecule has 8 nitrogen and oxygen atoms in total. The highest BCUT2D eigenvalue weighted by molar-refractivity contribution is 6.00. The molecule has 64 heavy (non-hydrogen) atoms.